The molecule has 144 valence electrons. The van der Waals surface area contributed by atoms with Gasteiger partial charge in [-0.15, -0.1) is 0 Å². The molecular weight excluding hydrogens is 400 g/mol. The lowest BCUT2D eigenvalue weighted by molar-refractivity contribution is -0.118. The number of amides is 2. The molecule has 28 heavy (non-hydrogen) atoms. The van der Waals surface area contributed by atoms with Gasteiger partial charge in [0, 0.05) is 16.8 Å². The maximum Gasteiger partial charge on any atom is 0.265 e. The van der Waals surface area contributed by atoms with Crippen molar-refractivity contribution < 1.29 is 18.0 Å². The van der Waals surface area contributed by atoms with Gasteiger partial charge in [0.1, 0.15) is 0 Å². The Morgan fingerprint density at radius 1 is 1.11 bits per heavy atom. The first-order valence-electron chi connectivity index (χ1n) is 8.82. The number of hydrogen-bond donors (Lipinski definition) is 0. The third-order valence-corrected chi connectivity index (χ3v) is 6.92. The van der Waals surface area contributed by atoms with E-state index in [2.05, 4.69) is 4.99 Å². The number of sulfone groups is 1. The van der Waals surface area contributed by atoms with Crippen molar-refractivity contribution in [3.05, 3.63) is 64.7 Å². The van der Waals surface area contributed by atoms with Gasteiger partial charge >= 0.3 is 0 Å². The highest BCUT2D eigenvalue weighted by molar-refractivity contribution is 7.91. The van der Waals surface area contributed by atoms with E-state index >= 15 is 0 Å². The fourth-order valence-corrected chi connectivity index (χ4v) is 5.38. The SMILES string of the molecule is O=C1c2ccccc2[C@@H](C=N[C@H]2CCS(=O)(=O)C2)C(=O)N1c1cccc(Cl)c1. The first-order valence-corrected chi connectivity index (χ1v) is 11.0. The first-order chi connectivity index (χ1) is 13.4. The van der Waals surface area contributed by atoms with Gasteiger partial charge < -0.3 is 0 Å². The molecule has 2 aliphatic heterocycles. The molecule has 0 aliphatic carbocycles. The Morgan fingerprint density at radius 2 is 1.89 bits per heavy atom. The molecular formula is C20H17ClN2O4S. The lowest BCUT2D eigenvalue weighted by Gasteiger charge is -2.31. The number of imide groups is 1. The summed E-state index contributed by atoms with van der Waals surface area (Å²) in [6.45, 7) is 0. The average molecular weight is 417 g/mol. The summed E-state index contributed by atoms with van der Waals surface area (Å²) in [5.41, 5.74) is 1.37. The predicted molar refractivity (Wildman–Crippen MR) is 108 cm³/mol. The molecule has 0 radical (unpaired) electrons. The molecule has 0 N–H and O–H groups in total. The number of fused-ring (bicyclic) bond motifs is 1. The van der Waals surface area contributed by atoms with Crippen LogP contribution in [0, 0.1) is 0 Å². The van der Waals surface area contributed by atoms with Crippen molar-refractivity contribution in [2.24, 2.45) is 4.99 Å². The number of aliphatic imine (C=N–C) groups is 1. The lowest BCUT2D eigenvalue weighted by Crippen LogP contribution is -2.45. The van der Waals surface area contributed by atoms with Gasteiger partial charge in [0.2, 0.25) is 5.91 Å². The molecule has 0 saturated carbocycles. The molecule has 2 aromatic rings. The van der Waals surface area contributed by atoms with Crippen molar-refractivity contribution in [1.29, 1.82) is 0 Å². The van der Waals surface area contributed by atoms with Crippen molar-refractivity contribution in [3.63, 3.8) is 0 Å². The second-order valence-corrected chi connectivity index (χ2v) is 9.54. The first kappa shape index (κ1) is 18.8. The van der Waals surface area contributed by atoms with Crippen LogP contribution in [0.1, 0.15) is 28.3 Å². The maximum atomic E-state index is 13.2. The molecule has 2 atom stereocenters. The van der Waals surface area contributed by atoms with E-state index in [1.807, 2.05) is 0 Å². The molecule has 2 amide bonds. The molecule has 2 aliphatic rings. The van der Waals surface area contributed by atoms with Crippen molar-refractivity contribution in [2.75, 3.05) is 16.4 Å². The van der Waals surface area contributed by atoms with Crippen molar-refractivity contribution >= 4 is 45.2 Å². The highest BCUT2D eigenvalue weighted by atomic mass is 35.5. The highest BCUT2D eigenvalue weighted by Crippen LogP contribution is 2.33. The second-order valence-electron chi connectivity index (χ2n) is 6.88. The summed E-state index contributed by atoms with van der Waals surface area (Å²) in [5.74, 6) is -1.52. The van der Waals surface area contributed by atoms with Crippen LogP contribution in [0.3, 0.4) is 0 Å². The molecule has 2 aromatic carbocycles. The molecule has 0 spiro atoms. The number of halogens is 1. The van der Waals surface area contributed by atoms with Crippen LogP contribution in [0.2, 0.25) is 5.02 Å². The number of anilines is 1. The summed E-state index contributed by atoms with van der Waals surface area (Å²) in [6, 6.07) is 13.1. The summed E-state index contributed by atoms with van der Waals surface area (Å²) in [6.07, 6.45) is 1.93. The Labute approximate surface area is 167 Å². The highest BCUT2D eigenvalue weighted by Gasteiger charge is 2.39. The average Bonchev–Trinajstić information content (AvgIpc) is 3.01. The van der Waals surface area contributed by atoms with Gasteiger partial charge in [0.25, 0.3) is 5.91 Å². The van der Waals surface area contributed by atoms with Crippen LogP contribution in [0.25, 0.3) is 0 Å². The molecule has 6 nitrogen and oxygen atoms in total. The van der Waals surface area contributed by atoms with E-state index in [-0.39, 0.29) is 17.5 Å². The fourth-order valence-electron chi connectivity index (χ4n) is 3.56. The zero-order valence-electron chi connectivity index (χ0n) is 14.8. The third-order valence-electron chi connectivity index (χ3n) is 4.94. The summed E-state index contributed by atoms with van der Waals surface area (Å²) >= 11 is 6.04. The van der Waals surface area contributed by atoms with Gasteiger partial charge in [-0.05, 0) is 36.2 Å². The summed E-state index contributed by atoms with van der Waals surface area (Å²) in [7, 11) is -3.07. The molecule has 0 bridgehead atoms. The number of nitrogens with zero attached hydrogens (tertiary/aromatic N) is 2. The number of rotatable bonds is 3. The Bertz CT molecular complexity index is 1100. The second kappa shape index (κ2) is 7.14. The zero-order chi connectivity index (χ0) is 19.9. The molecule has 4 rings (SSSR count). The topological polar surface area (TPSA) is 83.9 Å². The van der Waals surface area contributed by atoms with E-state index < -0.39 is 27.6 Å². The Kier molecular flexibility index (Phi) is 4.81. The number of carbonyl (C=O) groups excluding carboxylic acids is 2. The van der Waals surface area contributed by atoms with E-state index in [0.717, 1.165) is 4.90 Å². The number of hydrogen-bond acceptors (Lipinski definition) is 5. The Morgan fingerprint density at radius 3 is 2.61 bits per heavy atom. The monoisotopic (exact) mass is 416 g/mol. The van der Waals surface area contributed by atoms with Gasteiger partial charge in [-0.1, -0.05) is 35.9 Å². The van der Waals surface area contributed by atoms with E-state index in [0.29, 0.717) is 28.3 Å². The van der Waals surface area contributed by atoms with Gasteiger partial charge in [0.15, 0.2) is 9.84 Å². The summed E-state index contributed by atoms with van der Waals surface area (Å²) in [4.78, 5) is 31.6. The van der Waals surface area contributed by atoms with E-state index in [4.69, 9.17) is 11.6 Å². The van der Waals surface area contributed by atoms with Gasteiger partial charge in [-0.3, -0.25) is 14.6 Å². The quantitative estimate of drug-likeness (QED) is 0.569. The Balaban J connectivity index is 1.74. The number of carbonyl (C=O) groups is 2. The van der Waals surface area contributed by atoms with Crippen LogP contribution in [0.15, 0.2) is 53.5 Å². The zero-order valence-corrected chi connectivity index (χ0v) is 16.4. The van der Waals surface area contributed by atoms with Crippen molar-refractivity contribution in [3.8, 4) is 0 Å². The van der Waals surface area contributed by atoms with Crippen molar-refractivity contribution in [1.82, 2.24) is 0 Å². The summed E-state index contributed by atoms with van der Waals surface area (Å²) < 4.78 is 23.3. The van der Waals surface area contributed by atoms with Crippen LogP contribution in [-0.2, 0) is 14.6 Å². The maximum absolute atomic E-state index is 13.2. The lowest BCUT2D eigenvalue weighted by atomic mass is 9.89. The molecule has 1 fully saturated rings. The van der Waals surface area contributed by atoms with Crippen LogP contribution >= 0.6 is 11.6 Å². The van der Waals surface area contributed by atoms with E-state index in [1.54, 1.807) is 48.5 Å². The minimum absolute atomic E-state index is 0.0109. The van der Waals surface area contributed by atoms with Gasteiger partial charge in [-0.25, -0.2) is 13.3 Å². The Hall–Kier alpha value is -2.51. The standard InChI is InChI=1S/C20H17ClN2O4S/c21-13-4-3-5-15(10-13)23-19(24)17-7-2-1-6-16(17)18(20(23)25)11-22-14-8-9-28(26,27)12-14/h1-7,10-11,14,18H,8-9,12H2/t14-,18+/m0/s1. The van der Waals surface area contributed by atoms with E-state index in [9.17, 15) is 18.0 Å². The number of benzene rings is 2. The minimum atomic E-state index is -3.07. The fraction of sp³-hybridized carbons (Fsp3) is 0.250. The van der Waals surface area contributed by atoms with Crippen LogP contribution in [0.5, 0.6) is 0 Å². The van der Waals surface area contributed by atoms with E-state index in [1.165, 1.54) is 6.21 Å². The smallest absolute Gasteiger partial charge is 0.265 e. The van der Waals surface area contributed by atoms with Crippen molar-refractivity contribution in [2.45, 2.75) is 18.4 Å². The predicted octanol–water partition coefficient (Wildman–Crippen LogP) is 2.87. The van der Waals surface area contributed by atoms with Gasteiger partial charge in [-0.2, -0.15) is 0 Å². The van der Waals surface area contributed by atoms with Gasteiger partial charge in [0.05, 0.1) is 29.2 Å². The third kappa shape index (κ3) is 3.47. The molecule has 0 aromatic heterocycles. The van der Waals surface area contributed by atoms with Crippen LogP contribution < -0.4 is 4.90 Å². The summed E-state index contributed by atoms with van der Waals surface area (Å²) in [5, 5.41) is 0.415. The molecule has 2 heterocycles. The molecule has 0 unspecified atom stereocenters. The van der Waals surface area contributed by atoms with Crippen LogP contribution in [0.4, 0.5) is 5.69 Å². The molecule has 1 saturated heterocycles. The minimum Gasteiger partial charge on any atom is -0.292 e. The molecule has 8 heteroatoms. The normalized spacial score (nSPS) is 24.0. The van der Waals surface area contributed by atoms with Crippen LogP contribution in [-0.4, -0.2) is 44.0 Å². The largest absolute Gasteiger partial charge is 0.292 e.